The zero-order valence-corrected chi connectivity index (χ0v) is 11.1. The molecule has 0 radical (unpaired) electrons. The number of hydrogen-bond acceptors (Lipinski definition) is 4. The van der Waals surface area contributed by atoms with Crippen molar-refractivity contribution in [2.45, 2.75) is 38.1 Å². The van der Waals surface area contributed by atoms with Crippen LogP contribution >= 0.6 is 12.2 Å². The molecule has 1 aromatic rings. The van der Waals surface area contributed by atoms with E-state index in [1.165, 1.54) is 6.20 Å². The van der Waals surface area contributed by atoms with Crippen LogP contribution in [-0.2, 0) is 0 Å². The molecule has 2 rings (SSSR count). The zero-order valence-electron chi connectivity index (χ0n) is 10.3. The minimum Gasteiger partial charge on any atom is -0.391 e. The SMILES string of the molecule is CC1CCC(NC(=O)c2cn[nH]n2)(C(N)=S)CC1. The molecule has 0 saturated heterocycles. The number of H-pyrrole nitrogens is 1. The highest BCUT2D eigenvalue weighted by Gasteiger charge is 2.38. The number of thiocarbonyl (C=S) groups is 1. The van der Waals surface area contributed by atoms with Crippen LogP contribution in [0.15, 0.2) is 6.20 Å². The normalized spacial score (nSPS) is 27.7. The number of carbonyl (C=O) groups is 1. The second-order valence-corrected chi connectivity index (χ2v) is 5.38. The predicted octanol–water partition coefficient (Wildman–Crippen LogP) is 0.769. The lowest BCUT2D eigenvalue weighted by Crippen LogP contribution is -2.58. The van der Waals surface area contributed by atoms with Gasteiger partial charge in [0.25, 0.3) is 5.91 Å². The van der Waals surface area contributed by atoms with Gasteiger partial charge in [-0.3, -0.25) is 4.79 Å². The molecule has 0 spiro atoms. The molecule has 0 atom stereocenters. The van der Waals surface area contributed by atoms with Gasteiger partial charge in [0, 0.05) is 0 Å². The Morgan fingerprint density at radius 1 is 1.61 bits per heavy atom. The van der Waals surface area contributed by atoms with Gasteiger partial charge in [0.15, 0.2) is 5.69 Å². The van der Waals surface area contributed by atoms with Gasteiger partial charge < -0.3 is 11.1 Å². The summed E-state index contributed by atoms with van der Waals surface area (Å²) in [5.74, 6) is 0.363. The van der Waals surface area contributed by atoms with Crippen LogP contribution in [0.4, 0.5) is 0 Å². The van der Waals surface area contributed by atoms with E-state index in [1.807, 2.05) is 0 Å². The van der Waals surface area contributed by atoms with Crippen LogP contribution in [0.5, 0.6) is 0 Å². The summed E-state index contributed by atoms with van der Waals surface area (Å²) in [7, 11) is 0. The van der Waals surface area contributed by atoms with Crippen LogP contribution in [0.2, 0.25) is 0 Å². The van der Waals surface area contributed by atoms with Gasteiger partial charge in [-0.05, 0) is 31.6 Å². The summed E-state index contributed by atoms with van der Waals surface area (Å²) in [6, 6.07) is 0. The molecule has 1 aliphatic rings. The maximum absolute atomic E-state index is 12.0. The number of carbonyl (C=O) groups excluding carboxylic acids is 1. The van der Waals surface area contributed by atoms with Crippen LogP contribution in [0.25, 0.3) is 0 Å². The fourth-order valence-corrected chi connectivity index (χ4v) is 2.54. The molecule has 1 amide bonds. The van der Waals surface area contributed by atoms with Crippen molar-refractivity contribution in [2.24, 2.45) is 11.7 Å². The van der Waals surface area contributed by atoms with Crippen LogP contribution in [0.3, 0.4) is 0 Å². The van der Waals surface area contributed by atoms with E-state index < -0.39 is 5.54 Å². The van der Waals surface area contributed by atoms with Crippen molar-refractivity contribution >= 4 is 23.1 Å². The Bertz CT molecular complexity index is 436. The average molecular weight is 267 g/mol. The van der Waals surface area contributed by atoms with E-state index in [9.17, 15) is 4.79 Å². The average Bonchev–Trinajstić information content (AvgIpc) is 2.85. The zero-order chi connectivity index (χ0) is 13.2. The van der Waals surface area contributed by atoms with Gasteiger partial charge in [-0.15, -0.1) is 0 Å². The number of aromatic nitrogens is 3. The van der Waals surface area contributed by atoms with E-state index in [4.69, 9.17) is 18.0 Å². The molecule has 18 heavy (non-hydrogen) atoms. The molecule has 98 valence electrons. The third-order valence-electron chi connectivity index (χ3n) is 3.60. The van der Waals surface area contributed by atoms with Crippen molar-refractivity contribution in [1.29, 1.82) is 0 Å². The van der Waals surface area contributed by atoms with Gasteiger partial charge in [-0.25, -0.2) is 0 Å². The maximum atomic E-state index is 12.0. The third kappa shape index (κ3) is 2.50. The summed E-state index contributed by atoms with van der Waals surface area (Å²) in [4.78, 5) is 12.4. The smallest absolute Gasteiger partial charge is 0.274 e. The Balaban J connectivity index is 2.12. The first-order chi connectivity index (χ1) is 8.53. The quantitative estimate of drug-likeness (QED) is 0.703. The number of amides is 1. The van der Waals surface area contributed by atoms with Crippen molar-refractivity contribution in [3.63, 3.8) is 0 Å². The summed E-state index contributed by atoms with van der Waals surface area (Å²) in [6.07, 6.45) is 4.97. The molecule has 7 heteroatoms. The summed E-state index contributed by atoms with van der Waals surface area (Å²) in [6.45, 7) is 2.20. The summed E-state index contributed by atoms with van der Waals surface area (Å²) in [5, 5.41) is 12.7. The Labute approximate surface area is 111 Å². The third-order valence-corrected chi connectivity index (χ3v) is 3.99. The van der Waals surface area contributed by atoms with Crippen molar-refractivity contribution in [3.8, 4) is 0 Å². The van der Waals surface area contributed by atoms with Gasteiger partial charge in [0.2, 0.25) is 0 Å². The van der Waals surface area contributed by atoms with Gasteiger partial charge in [0.05, 0.1) is 16.7 Å². The molecule has 4 N–H and O–H groups in total. The topological polar surface area (TPSA) is 96.7 Å². The maximum Gasteiger partial charge on any atom is 0.274 e. The van der Waals surface area contributed by atoms with E-state index >= 15 is 0 Å². The molecular weight excluding hydrogens is 250 g/mol. The molecule has 0 bridgehead atoms. The van der Waals surface area contributed by atoms with Crippen LogP contribution in [-0.4, -0.2) is 31.8 Å². The fourth-order valence-electron chi connectivity index (χ4n) is 2.28. The van der Waals surface area contributed by atoms with E-state index in [0.717, 1.165) is 25.7 Å². The van der Waals surface area contributed by atoms with Crippen molar-refractivity contribution in [3.05, 3.63) is 11.9 Å². The number of rotatable bonds is 3. The number of nitrogens with two attached hydrogens (primary N) is 1. The van der Waals surface area contributed by atoms with Crippen molar-refractivity contribution < 1.29 is 4.79 Å². The van der Waals surface area contributed by atoms with Crippen LogP contribution < -0.4 is 11.1 Å². The van der Waals surface area contributed by atoms with E-state index in [-0.39, 0.29) is 11.6 Å². The second kappa shape index (κ2) is 5.01. The lowest BCUT2D eigenvalue weighted by atomic mass is 9.77. The molecule has 0 aromatic carbocycles. The van der Waals surface area contributed by atoms with E-state index in [2.05, 4.69) is 27.7 Å². The molecule has 0 aliphatic heterocycles. The molecule has 6 nitrogen and oxygen atoms in total. The standard InChI is InChI=1S/C11H17N5OS/c1-7-2-4-11(5-3-7,10(12)18)14-9(17)8-6-13-16-15-8/h6-7H,2-5H2,1H3,(H2,12,18)(H,14,17)(H,13,15,16). The molecular formula is C11H17N5OS. The van der Waals surface area contributed by atoms with Gasteiger partial charge in [-0.2, -0.15) is 15.4 Å². The Hall–Kier alpha value is -1.50. The largest absolute Gasteiger partial charge is 0.391 e. The Morgan fingerprint density at radius 3 is 2.78 bits per heavy atom. The van der Waals surface area contributed by atoms with Gasteiger partial charge in [0.1, 0.15) is 0 Å². The molecule has 1 fully saturated rings. The minimum absolute atomic E-state index is 0.254. The second-order valence-electron chi connectivity index (χ2n) is 4.94. The number of nitrogens with one attached hydrogen (secondary N) is 2. The lowest BCUT2D eigenvalue weighted by molar-refractivity contribution is 0.0895. The van der Waals surface area contributed by atoms with Crippen LogP contribution in [0.1, 0.15) is 43.1 Å². The Kier molecular flexibility index (Phi) is 3.60. The monoisotopic (exact) mass is 267 g/mol. The highest BCUT2D eigenvalue weighted by atomic mass is 32.1. The number of nitrogens with zero attached hydrogens (tertiary/aromatic N) is 2. The first-order valence-electron chi connectivity index (χ1n) is 6.02. The summed E-state index contributed by atoms with van der Waals surface area (Å²) < 4.78 is 0. The first kappa shape index (κ1) is 12.9. The molecule has 1 saturated carbocycles. The Morgan fingerprint density at radius 2 is 2.28 bits per heavy atom. The summed E-state index contributed by atoms with van der Waals surface area (Å²) >= 11 is 5.13. The van der Waals surface area contributed by atoms with E-state index in [1.54, 1.807) is 0 Å². The fraction of sp³-hybridized carbons (Fsp3) is 0.636. The number of aromatic amines is 1. The van der Waals surface area contributed by atoms with Crippen molar-refractivity contribution in [2.75, 3.05) is 0 Å². The minimum atomic E-state index is -0.572. The molecule has 0 unspecified atom stereocenters. The van der Waals surface area contributed by atoms with Crippen LogP contribution in [0, 0.1) is 5.92 Å². The van der Waals surface area contributed by atoms with E-state index in [0.29, 0.717) is 10.9 Å². The number of hydrogen-bond donors (Lipinski definition) is 3. The highest BCUT2D eigenvalue weighted by molar-refractivity contribution is 7.80. The lowest BCUT2D eigenvalue weighted by Gasteiger charge is -2.39. The molecule has 1 heterocycles. The summed E-state index contributed by atoms with van der Waals surface area (Å²) in [5.41, 5.74) is 5.50. The van der Waals surface area contributed by atoms with Gasteiger partial charge >= 0.3 is 0 Å². The molecule has 1 aliphatic carbocycles. The highest BCUT2D eigenvalue weighted by Crippen LogP contribution is 2.32. The van der Waals surface area contributed by atoms with Gasteiger partial charge in [-0.1, -0.05) is 19.1 Å². The van der Waals surface area contributed by atoms with Crippen molar-refractivity contribution in [1.82, 2.24) is 20.7 Å². The molecule has 1 aromatic heterocycles. The predicted molar refractivity (Wildman–Crippen MR) is 71.0 cm³/mol. The first-order valence-corrected chi connectivity index (χ1v) is 6.42.